The van der Waals surface area contributed by atoms with Crippen molar-refractivity contribution in [3.8, 4) is 0 Å². The van der Waals surface area contributed by atoms with E-state index in [9.17, 15) is 14.4 Å². The molecule has 1 fully saturated rings. The monoisotopic (exact) mass is 439 g/mol. The van der Waals surface area contributed by atoms with Gasteiger partial charge >= 0.3 is 0 Å². The molecule has 1 aliphatic rings. The SMILES string of the molecule is CC(C)C[C@H](NC(=O)CNC(=O)[C@H](CCCCN)NCCCC1CCCCC1)C(N)=O. The van der Waals surface area contributed by atoms with Gasteiger partial charge < -0.3 is 27.4 Å². The molecule has 0 unspecified atom stereocenters. The van der Waals surface area contributed by atoms with Crippen LogP contribution in [-0.4, -0.2) is 49.4 Å². The van der Waals surface area contributed by atoms with Gasteiger partial charge in [-0.1, -0.05) is 52.4 Å². The summed E-state index contributed by atoms with van der Waals surface area (Å²) in [5.41, 5.74) is 11.0. The van der Waals surface area contributed by atoms with Crippen molar-refractivity contribution >= 4 is 17.7 Å². The van der Waals surface area contributed by atoms with Crippen molar-refractivity contribution in [1.82, 2.24) is 16.0 Å². The second kappa shape index (κ2) is 16.0. The summed E-state index contributed by atoms with van der Waals surface area (Å²) >= 11 is 0. The van der Waals surface area contributed by atoms with Crippen molar-refractivity contribution in [2.75, 3.05) is 19.6 Å². The molecule has 0 heterocycles. The summed E-state index contributed by atoms with van der Waals surface area (Å²) in [4.78, 5) is 36.4. The van der Waals surface area contributed by atoms with Crippen LogP contribution in [-0.2, 0) is 14.4 Å². The third-order valence-electron chi connectivity index (χ3n) is 5.98. The normalized spacial score (nSPS) is 16.6. The van der Waals surface area contributed by atoms with E-state index in [0.717, 1.165) is 31.7 Å². The number of carbonyl (C=O) groups is 3. The summed E-state index contributed by atoms with van der Waals surface area (Å²) in [6, 6.07) is -1.06. The molecule has 0 bridgehead atoms. The summed E-state index contributed by atoms with van der Waals surface area (Å²) in [5.74, 6) is -0.113. The molecule has 0 aromatic rings. The van der Waals surface area contributed by atoms with Crippen LogP contribution in [0.1, 0.15) is 84.5 Å². The van der Waals surface area contributed by atoms with Gasteiger partial charge in [0.1, 0.15) is 6.04 Å². The molecule has 3 amide bonds. The van der Waals surface area contributed by atoms with Gasteiger partial charge in [-0.05, 0) is 57.0 Å². The number of unbranched alkanes of at least 4 members (excludes halogenated alkanes) is 1. The zero-order valence-corrected chi connectivity index (χ0v) is 19.6. The first-order chi connectivity index (χ1) is 14.8. The minimum absolute atomic E-state index is 0.169. The molecule has 0 aromatic heterocycles. The molecule has 8 heteroatoms. The molecule has 0 spiro atoms. The minimum atomic E-state index is -0.720. The second-order valence-electron chi connectivity index (χ2n) is 9.31. The molecule has 1 rings (SSSR count). The van der Waals surface area contributed by atoms with Gasteiger partial charge in [0.05, 0.1) is 12.6 Å². The van der Waals surface area contributed by atoms with E-state index >= 15 is 0 Å². The summed E-state index contributed by atoms with van der Waals surface area (Å²) in [6.07, 6.45) is 11.9. The van der Waals surface area contributed by atoms with Crippen LogP contribution in [0.5, 0.6) is 0 Å². The van der Waals surface area contributed by atoms with E-state index in [1.165, 1.54) is 38.5 Å². The molecule has 8 nitrogen and oxygen atoms in total. The third-order valence-corrected chi connectivity index (χ3v) is 5.98. The zero-order chi connectivity index (χ0) is 23.1. The summed E-state index contributed by atoms with van der Waals surface area (Å²) in [7, 11) is 0. The number of nitrogens with two attached hydrogens (primary N) is 2. The van der Waals surface area contributed by atoms with Crippen molar-refractivity contribution in [3.63, 3.8) is 0 Å². The average Bonchev–Trinajstić information content (AvgIpc) is 2.73. The molecule has 31 heavy (non-hydrogen) atoms. The highest BCUT2D eigenvalue weighted by molar-refractivity contribution is 5.90. The maximum atomic E-state index is 12.7. The van der Waals surface area contributed by atoms with Crippen LogP contribution in [0.3, 0.4) is 0 Å². The van der Waals surface area contributed by atoms with Crippen molar-refractivity contribution in [2.45, 2.75) is 96.6 Å². The van der Waals surface area contributed by atoms with E-state index in [2.05, 4.69) is 16.0 Å². The van der Waals surface area contributed by atoms with E-state index in [-0.39, 0.29) is 24.4 Å². The Kier molecular flexibility index (Phi) is 14.2. The molecule has 0 aliphatic heterocycles. The maximum Gasteiger partial charge on any atom is 0.240 e. The number of primary amides is 1. The van der Waals surface area contributed by atoms with Crippen molar-refractivity contribution in [2.24, 2.45) is 23.3 Å². The Morgan fingerprint density at radius 1 is 1.00 bits per heavy atom. The molecular weight excluding hydrogens is 394 g/mol. The van der Waals surface area contributed by atoms with Gasteiger partial charge in [0.2, 0.25) is 17.7 Å². The maximum absolute atomic E-state index is 12.7. The minimum Gasteiger partial charge on any atom is -0.368 e. The Labute approximate surface area is 188 Å². The van der Waals surface area contributed by atoms with Gasteiger partial charge in [0, 0.05) is 0 Å². The van der Waals surface area contributed by atoms with Crippen LogP contribution in [0.4, 0.5) is 0 Å². The predicted molar refractivity (Wildman–Crippen MR) is 124 cm³/mol. The number of amides is 3. The Hall–Kier alpha value is -1.67. The predicted octanol–water partition coefficient (Wildman–Crippen LogP) is 1.57. The van der Waals surface area contributed by atoms with Crippen molar-refractivity contribution in [1.29, 1.82) is 0 Å². The van der Waals surface area contributed by atoms with Gasteiger partial charge in [-0.15, -0.1) is 0 Å². The molecule has 180 valence electrons. The number of nitrogens with one attached hydrogen (secondary N) is 3. The topological polar surface area (TPSA) is 139 Å². The highest BCUT2D eigenvalue weighted by atomic mass is 16.2. The molecule has 0 radical (unpaired) electrons. The molecule has 0 saturated heterocycles. The molecule has 7 N–H and O–H groups in total. The summed E-state index contributed by atoms with van der Waals surface area (Å²) in [6.45, 7) is 5.13. The van der Waals surface area contributed by atoms with Crippen LogP contribution >= 0.6 is 0 Å². The van der Waals surface area contributed by atoms with Crippen LogP contribution < -0.4 is 27.4 Å². The lowest BCUT2D eigenvalue weighted by atomic mass is 9.86. The summed E-state index contributed by atoms with van der Waals surface area (Å²) in [5, 5.41) is 8.69. The van der Waals surface area contributed by atoms with Gasteiger partial charge in [-0.2, -0.15) is 0 Å². The molecule has 1 aliphatic carbocycles. The fourth-order valence-corrected chi connectivity index (χ4v) is 4.22. The summed E-state index contributed by atoms with van der Waals surface area (Å²) < 4.78 is 0. The average molecular weight is 440 g/mol. The standard InChI is InChI=1S/C23H45N5O3/c1-17(2)15-20(22(25)30)28-21(29)16-27-23(31)19(12-6-7-13-24)26-14-8-11-18-9-4-3-5-10-18/h17-20,26H,3-16,24H2,1-2H3,(H2,25,30)(H,27,31)(H,28,29)/t19-,20-/m0/s1. The van der Waals surface area contributed by atoms with Crippen molar-refractivity contribution < 1.29 is 14.4 Å². The van der Waals surface area contributed by atoms with E-state index in [0.29, 0.717) is 19.4 Å². The lowest BCUT2D eigenvalue weighted by Crippen LogP contribution is -2.51. The fourth-order valence-electron chi connectivity index (χ4n) is 4.22. The molecule has 0 aromatic carbocycles. The van der Waals surface area contributed by atoms with Crippen LogP contribution in [0, 0.1) is 11.8 Å². The number of hydrogen-bond donors (Lipinski definition) is 5. The lowest BCUT2D eigenvalue weighted by molar-refractivity contribution is -0.129. The molecule has 1 saturated carbocycles. The van der Waals surface area contributed by atoms with Gasteiger partial charge in [0.25, 0.3) is 0 Å². The Morgan fingerprint density at radius 2 is 1.71 bits per heavy atom. The molecule has 2 atom stereocenters. The van der Waals surface area contributed by atoms with Crippen LogP contribution in [0.2, 0.25) is 0 Å². The highest BCUT2D eigenvalue weighted by Crippen LogP contribution is 2.27. The Bertz CT molecular complexity index is 535. The van der Waals surface area contributed by atoms with Crippen LogP contribution in [0.25, 0.3) is 0 Å². The zero-order valence-electron chi connectivity index (χ0n) is 19.6. The lowest BCUT2D eigenvalue weighted by Gasteiger charge is -2.23. The largest absolute Gasteiger partial charge is 0.368 e. The number of hydrogen-bond acceptors (Lipinski definition) is 5. The Balaban J connectivity index is 2.42. The first kappa shape index (κ1) is 27.4. The third kappa shape index (κ3) is 12.7. The van der Waals surface area contributed by atoms with Crippen molar-refractivity contribution in [3.05, 3.63) is 0 Å². The second-order valence-corrected chi connectivity index (χ2v) is 9.31. The number of rotatable bonds is 16. The van der Waals surface area contributed by atoms with Gasteiger partial charge in [0.15, 0.2) is 0 Å². The van der Waals surface area contributed by atoms with E-state index in [4.69, 9.17) is 11.5 Å². The fraction of sp³-hybridized carbons (Fsp3) is 0.870. The number of carbonyl (C=O) groups excluding carboxylic acids is 3. The smallest absolute Gasteiger partial charge is 0.240 e. The van der Waals surface area contributed by atoms with E-state index in [1.54, 1.807) is 0 Å². The first-order valence-corrected chi connectivity index (χ1v) is 12.1. The van der Waals surface area contributed by atoms with Crippen LogP contribution in [0.15, 0.2) is 0 Å². The van der Waals surface area contributed by atoms with Gasteiger partial charge in [-0.25, -0.2) is 0 Å². The molecular formula is C23H45N5O3. The highest BCUT2D eigenvalue weighted by Gasteiger charge is 2.22. The van der Waals surface area contributed by atoms with E-state index < -0.39 is 17.9 Å². The van der Waals surface area contributed by atoms with E-state index in [1.807, 2.05) is 13.8 Å². The van der Waals surface area contributed by atoms with Gasteiger partial charge in [-0.3, -0.25) is 14.4 Å². The first-order valence-electron chi connectivity index (χ1n) is 12.1. The Morgan fingerprint density at radius 3 is 2.32 bits per heavy atom. The quantitative estimate of drug-likeness (QED) is 0.232.